The molecular formula is C26H20BrN4+. The Bertz CT molecular complexity index is 1190. The van der Waals surface area contributed by atoms with Gasteiger partial charge in [-0.05, 0) is 43.2 Å². The van der Waals surface area contributed by atoms with E-state index in [1.807, 2.05) is 47.3 Å². The van der Waals surface area contributed by atoms with Crippen molar-refractivity contribution >= 4 is 15.9 Å². The van der Waals surface area contributed by atoms with Crippen LogP contribution in [0.1, 0.15) is 16.7 Å². The summed E-state index contributed by atoms with van der Waals surface area (Å²) in [5.41, 5.74) is 3.49. The van der Waals surface area contributed by atoms with Crippen molar-refractivity contribution in [3.8, 4) is 11.4 Å². The van der Waals surface area contributed by atoms with Gasteiger partial charge in [-0.2, -0.15) is 0 Å². The van der Waals surface area contributed by atoms with Crippen molar-refractivity contribution in [3.63, 3.8) is 0 Å². The number of H-pyrrole nitrogens is 1. The van der Waals surface area contributed by atoms with E-state index in [0.29, 0.717) is 5.82 Å². The minimum Gasteiger partial charge on any atom is -0.0622 e. The van der Waals surface area contributed by atoms with E-state index in [-0.39, 0.29) is 0 Å². The molecule has 0 saturated carbocycles. The largest absolute Gasteiger partial charge is 0.339 e. The highest BCUT2D eigenvalue weighted by molar-refractivity contribution is 9.10. The zero-order valence-corrected chi connectivity index (χ0v) is 18.3. The van der Waals surface area contributed by atoms with Gasteiger partial charge in [-0.25, -0.2) is 0 Å². The van der Waals surface area contributed by atoms with E-state index in [1.165, 1.54) is 0 Å². The summed E-state index contributed by atoms with van der Waals surface area (Å²) >= 11 is 3.62. The van der Waals surface area contributed by atoms with Crippen LogP contribution in [0, 0.1) is 0 Å². The molecule has 0 spiro atoms. The Morgan fingerprint density at radius 1 is 0.613 bits per heavy atom. The zero-order chi connectivity index (χ0) is 21.1. The lowest BCUT2D eigenvalue weighted by Crippen LogP contribution is -2.62. The summed E-state index contributed by atoms with van der Waals surface area (Å²) in [5, 5.41) is 12.8. The van der Waals surface area contributed by atoms with Gasteiger partial charge in [0.2, 0.25) is 5.54 Å². The van der Waals surface area contributed by atoms with E-state index < -0.39 is 5.54 Å². The summed E-state index contributed by atoms with van der Waals surface area (Å²) < 4.78 is 0.950. The first-order valence-corrected chi connectivity index (χ1v) is 10.9. The Hall–Kier alpha value is -3.57. The third kappa shape index (κ3) is 3.37. The Morgan fingerprint density at radius 2 is 1.06 bits per heavy atom. The average Bonchev–Trinajstić information content (AvgIpc) is 3.32. The highest BCUT2D eigenvalue weighted by atomic mass is 79.9. The highest BCUT2D eigenvalue weighted by Crippen LogP contribution is 2.36. The molecule has 0 bridgehead atoms. The molecule has 0 saturated heterocycles. The highest BCUT2D eigenvalue weighted by Gasteiger charge is 2.46. The molecule has 0 aliphatic heterocycles. The van der Waals surface area contributed by atoms with Gasteiger partial charge in [0.1, 0.15) is 0 Å². The second kappa shape index (κ2) is 8.28. The van der Waals surface area contributed by atoms with Crippen LogP contribution in [0.4, 0.5) is 0 Å². The first-order chi connectivity index (χ1) is 15.3. The molecule has 0 unspecified atom stereocenters. The number of nitrogens with one attached hydrogen (secondary N) is 1. The molecule has 4 aromatic carbocycles. The van der Waals surface area contributed by atoms with Crippen molar-refractivity contribution in [1.82, 2.24) is 15.4 Å². The van der Waals surface area contributed by atoms with Crippen molar-refractivity contribution in [2.75, 3.05) is 0 Å². The van der Waals surface area contributed by atoms with Crippen molar-refractivity contribution < 1.29 is 4.80 Å². The molecule has 31 heavy (non-hydrogen) atoms. The van der Waals surface area contributed by atoms with E-state index in [0.717, 1.165) is 26.7 Å². The van der Waals surface area contributed by atoms with Crippen LogP contribution in [0.2, 0.25) is 0 Å². The second-order valence-corrected chi connectivity index (χ2v) is 8.09. The van der Waals surface area contributed by atoms with Gasteiger partial charge in [-0.1, -0.05) is 103 Å². The SMILES string of the molecule is Brc1ccccc1-c1n[nH][n+](C(c2ccccc2)(c2ccccc2)c2ccccc2)n1. The Balaban J connectivity index is 1.83. The molecule has 5 rings (SSSR count). The van der Waals surface area contributed by atoms with Crippen LogP contribution >= 0.6 is 15.9 Å². The predicted octanol–water partition coefficient (Wildman–Crippen LogP) is 5.36. The van der Waals surface area contributed by atoms with Crippen molar-refractivity contribution in [1.29, 1.82) is 0 Å². The number of aromatic nitrogens is 4. The maximum Gasteiger partial charge on any atom is 0.339 e. The molecule has 1 N–H and O–H groups in total. The lowest BCUT2D eigenvalue weighted by molar-refractivity contribution is -0.836. The van der Waals surface area contributed by atoms with Gasteiger partial charge < -0.3 is 0 Å². The van der Waals surface area contributed by atoms with Crippen LogP contribution in [0.25, 0.3) is 11.4 Å². The number of hydrogen-bond donors (Lipinski definition) is 1. The number of hydrogen-bond acceptors (Lipinski definition) is 2. The fraction of sp³-hybridized carbons (Fsp3) is 0.0385. The standard InChI is InChI=1S/C26H19BrN4/c27-24-19-11-10-18-23(24)25-28-30-31(29-25)26(20-12-4-1-5-13-20,21-14-6-2-7-15-21)22-16-8-3-9-17-22/h1-19H/p+1. The van der Waals surface area contributed by atoms with Gasteiger partial charge in [-0.15, -0.1) is 0 Å². The lowest BCUT2D eigenvalue weighted by Gasteiger charge is -2.29. The second-order valence-electron chi connectivity index (χ2n) is 7.24. The van der Waals surface area contributed by atoms with Crippen LogP contribution in [0.15, 0.2) is 120 Å². The normalized spacial score (nSPS) is 11.4. The van der Waals surface area contributed by atoms with Crippen LogP contribution in [-0.4, -0.2) is 15.4 Å². The van der Waals surface area contributed by atoms with Gasteiger partial charge in [0, 0.05) is 21.2 Å². The minimum absolute atomic E-state index is 0.625. The van der Waals surface area contributed by atoms with Crippen LogP contribution < -0.4 is 4.80 Å². The molecule has 1 aromatic heterocycles. The van der Waals surface area contributed by atoms with Crippen LogP contribution in [0.3, 0.4) is 0 Å². The van der Waals surface area contributed by atoms with E-state index >= 15 is 0 Å². The number of benzene rings is 4. The first kappa shape index (κ1) is 19.4. The summed E-state index contributed by atoms with van der Waals surface area (Å²) in [7, 11) is 0. The van der Waals surface area contributed by atoms with E-state index in [2.05, 4.69) is 99.0 Å². The van der Waals surface area contributed by atoms with Gasteiger partial charge in [-0.3, -0.25) is 0 Å². The maximum absolute atomic E-state index is 4.96. The monoisotopic (exact) mass is 467 g/mol. The maximum atomic E-state index is 4.96. The van der Waals surface area contributed by atoms with Crippen molar-refractivity contribution in [2.24, 2.45) is 0 Å². The summed E-state index contributed by atoms with van der Waals surface area (Å²) in [6.07, 6.45) is 0. The van der Waals surface area contributed by atoms with Crippen LogP contribution in [0.5, 0.6) is 0 Å². The van der Waals surface area contributed by atoms with Gasteiger partial charge in [0.15, 0.2) is 0 Å². The Kier molecular flexibility index (Phi) is 5.18. The zero-order valence-electron chi connectivity index (χ0n) is 16.7. The fourth-order valence-corrected chi connectivity index (χ4v) is 4.51. The number of nitrogens with zero attached hydrogens (tertiary/aromatic N) is 3. The summed E-state index contributed by atoms with van der Waals surface area (Å²) in [4.78, 5) is 1.86. The third-order valence-electron chi connectivity index (χ3n) is 5.45. The quantitative estimate of drug-likeness (QED) is 0.279. The smallest absolute Gasteiger partial charge is 0.0622 e. The third-order valence-corrected chi connectivity index (χ3v) is 6.14. The molecule has 0 amide bonds. The average molecular weight is 468 g/mol. The van der Waals surface area contributed by atoms with E-state index in [4.69, 9.17) is 5.10 Å². The van der Waals surface area contributed by atoms with Gasteiger partial charge in [0.25, 0.3) is 0 Å². The molecule has 0 fully saturated rings. The number of rotatable bonds is 5. The van der Waals surface area contributed by atoms with Gasteiger partial charge in [0.05, 0.1) is 10.7 Å². The number of aromatic amines is 1. The number of halogens is 1. The molecule has 0 atom stereocenters. The molecule has 4 nitrogen and oxygen atoms in total. The van der Waals surface area contributed by atoms with E-state index in [9.17, 15) is 0 Å². The first-order valence-electron chi connectivity index (χ1n) is 10.1. The molecular weight excluding hydrogens is 448 g/mol. The minimum atomic E-state index is -0.712. The summed E-state index contributed by atoms with van der Waals surface area (Å²) in [6.45, 7) is 0. The van der Waals surface area contributed by atoms with E-state index in [1.54, 1.807) is 0 Å². The summed E-state index contributed by atoms with van der Waals surface area (Å²) in [6, 6.07) is 39.2. The van der Waals surface area contributed by atoms with Crippen LogP contribution in [-0.2, 0) is 5.54 Å². The van der Waals surface area contributed by atoms with Gasteiger partial charge >= 0.3 is 5.82 Å². The molecule has 5 aromatic rings. The Morgan fingerprint density at radius 3 is 1.55 bits per heavy atom. The summed E-state index contributed by atoms with van der Waals surface area (Å²) in [5.74, 6) is 0.625. The molecule has 0 aliphatic carbocycles. The molecule has 150 valence electrons. The lowest BCUT2D eigenvalue weighted by atomic mass is 9.77. The fourth-order valence-electron chi connectivity index (χ4n) is 4.05. The number of tetrazole rings is 1. The molecule has 5 heteroatoms. The Labute approximate surface area is 189 Å². The molecule has 0 aliphatic rings. The molecule has 0 radical (unpaired) electrons. The molecule has 1 heterocycles. The van der Waals surface area contributed by atoms with Crippen molar-refractivity contribution in [2.45, 2.75) is 5.54 Å². The topological polar surface area (TPSA) is 45.5 Å². The predicted molar refractivity (Wildman–Crippen MR) is 124 cm³/mol. The van der Waals surface area contributed by atoms with Crippen molar-refractivity contribution in [3.05, 3.63) is 136 Å².